The molecule has 0 radical (unpaired) electrons. The fourth-order valence-electron chi connectivity index (χ4n) is 6.06. The zero-order chi connectivity index (χ0) is 32.5. The lowest BCUT2D eigenvalue weighted by Gasteiger charge is -2.38. The first-order valence-corrected chi connectivity index (χ1v) is 17.6. The van der Waals surface area contributed by atoms with Gasteiger partial charge in [0.1, 0.15) is 15.8 Å². The molecule has 2 unspecified atom stereocenters. The van der Waals surface area contributed by atoms with Crippen LogP contribution in [-0.2, 0) is 26.0 Å². The number of halogens is 3. The third kappa shape index (κ3) is 7.50. The molecule has 0 saturated carbocycles. The van der Waals surface area contributed by atoms with E-state index in [2.05, 4.69) is 10.6 Å². The van der Waals surface area contributed by atoms with Crippen LogP contribution < -0.4 is 10.6 Å². The van der Waals surface area contributed by atoms with Crippen molar-refractivity contribution in [3.05, 3.63) is 64.2 Å². The van der Waals surface area contributed by atoms with Crippen molar-refractivity contribution in [1.82, 2.24) is 19.8 Å². The summed E-state index contributed by atoms with van der Waals surface area (Å²) in [7, 11) is -3.96. The fourth-order valence-corrected chi connectivity index (χ4v) is 9.58. The Morgan fingerprint density at radius 3 is 2.64 bits per heavy atom. The average Bonchev–Trinajstić information content (AvgIpc) is 3.54. The maximum atomic E-state index is 14.1. The second-order valence-corrected chi connectivity index (χ2v) is 15.4. The molecule has 45 heavy (non-hydrogen) atoms. The van der Waals surface area contributed by atoms with Gasteiger partial charge >= 0.3 is 0 Å². The van der Waals surface area contributed by atoms with E-state index in [4.69, 9.17) is 11.6 Å². The molecule has 1 aromatic heterocycles. The first-order chi connectivity index (χ1) is 21.4. The van der Waals surface area contributed by atoms with Crippen molar-refractivity contribution in [2.75, 3.05) is 32.7 Å². The van der Waals surface area contributed by atoms with Gasteiger partial charge in [0.2, 0.25) is 11.8 Å². The second kappa shape index (κ2) is 14.0. The molecule has 3 aromatic rings. The summed E-state index contributed by atoms with van der Waals surface area (Å²) >= 11 is 7.30. The summed E-state index contributed by atoms with van der Waals surface area (Å²) in [5.41, 5.74) is 0.800. The molecule has 0 aliphatic carbocycles. The van der Waals surface area contributed by atoms with Crippen LogP contribution in [0.25, 0.3) is 10.1 Å². The van der Waals surface area contributed by atoms with Crippen LogP contribution in [0.2, 0.25) is 5.02 Å². The van der Waals surface area contributed by atoms with E-state index in [0.29, 0.717) is 17.1 Å². The minimum absolute atomic E-state index is 0.0282. The zero-order valence-electron chi connectivity index (χ0n) is 25.1. The molecular formula is C31H37ClF2N4O5S2. The van der Waals surface area contributed by atoms with Gasteiger partial charge in [-0.1, -0.05) is 24.9 Å². The number of nitrogens with one attached hydrogen (secondary N) is 2. The Morgan fingerprint density at radius 2 is 1.93 bits per heavy atom. The zero-order valence-corrected chi connectivity index (χ0v) is 27.5. The van der Waals surface area contributed by atoms with Gasteiger partial charge in [-0.2, -0.15) is 4.31 Å². The molecule has 5 rings (SSSR count). The number of benzene rings is 2. The highest BCUT2D eigenvalue weighted by molar-refractivity contribution is 7.91. The Bertz CT molecular complexity index is 1670. The molecule has 3 N–H and O–H groups in total. The summed E-state index contributed by atoms with van der Waals surface area (Å²) < 4.78 is 58.2. The van der Waals surface area contributed by atoms with Crippen molar-refractivity contribution in [1.29, 1.82) is 0 Å². The lowest BCUT2D eigenvalue weighted by atomic mass is 9.94. The molecule has 14 heteroatoms. The third-order valence-corrected chi connectivity index (χ3v) is 12.5. The molecule has 9 nitrogen and oxygen atoms in total. The van der Waals surface area contributed by atoms with Crippen molar-refractivity contribution >= 4 is 54.9 Å². The number of aliphatic hydroxyl groups excluding tert-OH is 1. The number of aryl methyl sites for hydroxylation is 1. The highest BCUT2D eigenvalue weighted by Crippen LogP contribution is 2.37. The number of unbranched alkanes of at least 4 members (excludes halogenated alkanes) is 1. The molecule has 4 atom stereocenters. The van der Waals surface area contributed by atoms with Crippen molar-refractivity contribution in [3.63, 3.8) is 0 Å². The summed E-state index contributed by atoms with van der Waals surface area (Å²) in [6, 6.07) is 6.36. The SMILES string of the molecule is CCCCN1CC(C(=O)NC(Cc2cc(F)cc(F)c2)[C@H](O)[C@H]2CN(S(=O)(=O)c3sc4ccc(Cl)cc4c3C)CCN2)CC1=O. The third-order valence-electron chi connectivity index (χ3n) is 8.49. The molecule has 0 spiro atoms. The summed E-state index contributed by atoms with van der Waals surface area (Å²) in [6.45, 7) is 4.83. The van der Waals surface area contributed by atoms with Crippen molar-refractivity contribution in [3.8, 4) is 0 Å². The minimum atomic E-state index is -3.96. The number of piperazine rings is 1. The van der Waals surface area contributed by atoms with E-state index in [-0.39, 0.29) is 54.7 Å². The van der Waals surface area contributed by atoms with Gasteiger partial charge in [-0.15, -0.1) is 11.3 Å². The molecule has 2 fully saturated rings. The lowest BCUT2D eigenvalue weighted by molar-refractivity contribution is -0.129. The molecule has 3 heterocycles. The van der Waals surface area contributed by atoms with Crippen LogP contribution in [0.1, 0.15) is 37.3 Å². The molecule has 2 aromatic carbocycles. The van der Waals surface area contributed by atoms with Gasteiger partial charge in [-0.05, 0) is 66.6 Å². The lowest BCUT2D eigenvalue weighted by Crippen LogP contribution is -2.62. The molecule has 244 valence electrons. The van der Waals surface area contributed by atoms with Gasteiger partial charge in [0.05, 0.1) is 18.1 Å². The van der Waals surface area contributed by atoms with Gasteiger partial charge in [-0.3, -0.25) is 9.59 Å². The molecule has 2 amide bonds. The van der Waals surface area contributed by atoms with E-state index in [1.54, 1.807) is 30.0 Å². The number of amides is 2. The fraction of sp³-hybridized carbons (Fsp3) is 0.484. The Kier molecular flexibility index (Phi) is 10.5. The number of aliphatic hydroxyl groups is 1. The number of likely N-dealkylation sites (tertiary alicyclic amines) is 1. The van der Waals surface area contributed by atoms with Crippen LogP contribution in [0.15, 0.2) is 40.6 Å². The predicted molar refractivity (Wildman–Crippen MR) is 170 cm³/mol. The maximum Gasteiger partial charge on any atom is 0.252 e. The van der Waals surface area contributed by atoms with E-state index in [0.717, 1.165) is 52.5 Å². The van der Waals surface area contributed by atoms with Crippen LogP contribution >= 0.6 is 22.9 Å². The quantitative estimate of drug-likeness (QED) is 0.283. The number of carbonyl (C=O) groups is 2. The van der Waals surface area contributed by atoms with Gasteiger partial charge in [0.25, 0.3) is 10.0 Å². The van der Waals surface area contributed by atoms with Crippen LogP contribution in [-0.4, -0.2) is 85.5 Å². The number of sulfonamides is 1. The maximum absolute atomic E-state index is 14.1. The topological polar surface area (TPSA) is 119 Å². The van der Waals surface area contributed by atoms with E-state index in [1.165, 1.54) is 4.31 Å². The van der Waals surface area contributed by atoms with Crippen molar-refractivity contribution < 1.29 is 31.9 Å². The van der Waals surface area contributed by atoms with E-state index < -0.39 is 51.7 Å². The normalized spacial score (nSPS) is 20.9. The summed E-state index contributed by atoms with van der Waals surface area (Å²) in [6.07, 6.45) is 0.280. The van der Waals surface area contributed by atoms with Gasteiger partial charge < -0.3 is 20.6 Å². The Morgan fingerprint density at radius 1 is 1.20 bits per heavy atom. The Labute approximate surface area is 270 Å². The number of thiophene rings is 1. The van der Waals surface area contributed by atoms with E-state index in [9.17, 15) is 31.9 Å². The first kappa shape index (κ1) is 33.7. The molecular weight excluding hydrogens is 646 g/mol. The summed E-state index contributed by atoms with van der Waals surface area (Å²) in [5.74, 6) is -2.82. The second-order valence-electron chi connectivity index (χ2n) is 11.8. The predicted octanol–water partition coefficient (Wildman–Crippen LogP) is 3.84. The van der Waals surface area contributed by atoms with Gasteiger partial charge in [0, 0.05) is 61.0 Å². The van der Waals surface area contributed by atoms with Gasteiger partial charge in [-0.25, -0.2) is 17.2 Å². The average molecular weight is 683 g/mol. The van der Waals surface area contributed by atoms with Crippen LogP contribution in [0, 0.1) is 24.5 Å². The smallest absolute Gasteiger partial charge is 0.252 e. The van der Waals surface area contributed by atoms with Crippen LogP contribution in [0.4, 0.5) is 8.78 Å². The molecule has 2 saturated heterocycles. The number of hydrogen-bond acceptors (Lipinski definition) is 7. The van der Waals surface area contributed by atoms with E-state index >= 15 is 0 Å². The standard InChI is InChI=1S/C31H37ClF2N4O5S2/c1-3-4-8-37-16-20(13-28(37)39)30(41)36-25(12-19-10-22(33)15-23(34)11-19)29(40)26-17-38(9-7-35-26)45(42,43)31-18(2)24-14-21(32)5-6-27(24)44-31/h5-6,10-11,14-15,20,25-26,29,35,40H,3-4,7-9,12-13,16-17H2,1-2H3,(H,36,41)/t20?,25?,26-,29+/m1/s1. The summed E-state index contributed by atoms with van der Waals surface area (Å²) in [4.78, 5) is 27.6. The number of carbonyl (C=O) groups excluding carboxylic acids is 2. The van der Waals surface area contributed by atoms with Crippen molar-refractivity contribution in [2.24, 2.45) is 5.92 Å². The van der Waals surface area contributed by atoms with Crippen molar-refractivity contribution in [2.45, 2.75) is 61.9 Å². The highest BCUT2D eigenvalue weighted by atomic mass is 35.5. The Balaban J connectivity index is 1.37. The highest BCUT2D eigenvalue weighted by Gasteiger charge is 2.40. The number of hydrogen-bond donors (Lipinski definition) is 3. The number of fused-ring (bicyclic) bond motifs is 1. The molecule has 2 aliphatic rings. The monoisotopic (exact) mass is 682 g/mol. The number of rotatable bonds is 11. The minimum Gasteiger partial charge on any atom is -0.389 e. The van der Waals surface area contributed by atoms with Crippen LogP contribution in [0.3, 0.4) is 0 Å². The summed E-state index contributed by atoms with van der Waals surface area (Å²) in [5, 5.41) is 18.9. The van der Waals surface area contributed by atoms with E-state index in [1.807, 2.05) is 6.92 Å². The molecule has 2 aliphatic heterocycles. The number of nitrogens with zero attached hydrogens (tertiary/aromatic N) is 2. The Hall–Kier alpha value is -2.68. The first-order valence-electron chi connectivity index (χ1n) is 15.0. The van der Waals surface area contributed by atoms with Crippen LogP contribution in [0.5, 0.6) is 0 Å². The van der Waals surface area contributed by atoms with Gasteiger partial charge in [0.15, 0.2) is 0 Å². The molecule has 0 bridgehead atoms. The largest absolute Gasteiger partial charge is 0.389 e.